The van der Waals surface area contributed by atoms with Gasteiger partial charge in [-0.1, -0.05) is 30.3 Å². The number of rotatable bonds is 6. The van der Waals surface area contributed by atoms with E-state index in [1.807, 2.05) is 53.4 Å². The highest BCUT2D eigenvalue weighted by Gasteiger charge is 2.24. The summed E-state index contributed by atoms with van der Waals surface area (Å²) in [5.74, 6) is 0.740. The van der Waals surface area contributed by atoms with Gasteiger partial charge >= 0.3 is 0 Å². The molecule has 1 aliphatic rings. The van der Waals surface area contributed by atoms with Crippen molar-refractivity contribution < 1.29 is 14.3 Å². The van der Waals surface area contributed by atoms with E-state index in [0.717, 1.165) is 36.0 Å². The van der Waals surface area contributed by atoms with Crippen LogP contribution in [0.5, 0.6) is 5.75 Å². The third-order valence-corrected chi connectivity index (χ3v) is 5.27. The van der Waals surface area contributed by atoms with Crippen LogP contribution in [-0.2, 0) is 9.59 Å². The van der Waals surface area contributed by atoms with Crippen molar-refractivity contribution in [1.29, 1.82) is 0 Å². The first-order chi connectivity index (χ1) is 14.6. The minimum atomic E-state index is -0.269. The average molecular weight is 404 g/mol. The number of nitrogens with zero attached hydrogens (tertiary/aromatic N) is 2. The Hall–Kier alpha value is -3.61. The molecule has 0 aliphatic carbocycles. The Labute approximate surface area is 174 Å². The standard InChI is InChI=1S/C23H24N4O3/c24-23(29)18-6-3-11-27(14-18)21-10-8-19(13-25-21)26-22(28)15-30-20-9-7-16-4-1-2-5-17(16)12-20/h1-2,4-5,7-10,12-13,18H,3,6,11,14-15H2,(H2,24,29)(H,26,28). The summed E-state index contributed by atoms with van der Waals surface area (Å²) in [5.41, 5.74) is 6.03. The minimum Gasteiger partial charge on any atom is -0.484 e. The Kier molecular flexibility index (Phi) is 5.79. The molecule has 1 saturated heterocycles. The number of pyridine rings is 1. The summed E-state index contributed by atoms with van der Waals surface area (Å²) in [6, 6.07) is 17.3. The van der Waals surface area contributed by atoms with E-state index in [0.29, 0.717) is 18.0 Å². The molecule has 30 heavy (non-hydrogen) atoms. The van der Waals surface area contributed by atoms with Gasteiger partial charge in [0.2, 0.25) is 5.91 Å². The molecule has 2 aromatic carbocycles. The number of benzene rings is 2. The van der Waals surface area contributed by atoms with E-state index in [2.05, 4.69) is 10.3 Å². The van der Waals surface area contributed by atoms with Crippen molar-refractivity contribution in [2.45, 2.75) is 12.8 Å². The van der Waals surface area contributed by atoms with Crippen molar-refractivity contribution in [2.24, 2.45) is 11.7 Å². The number of hydrogen-bond acceptors (Lipinski definition) is 5. The molecule has 0 saturated carbocycles. The van der Waals surface area contributed by atoms with E-state index < -0.39 is 0 Å². The zero-order valence-electron chi connectivity index (χ0n) is 16.6. The summed E-state index contributed by atoms with van der Waals surface area (Å²) in [6.07, 6.45) is 3.33. The van der Waals surface area contributed by atoms with Gasteiger partial charge in [-0.15, -0.1) is 0 Å². The van der Waals surface area contributed by atoms with Gasteiger partial charge in [0, 0.05) is 13.1 Å². The maximum absolute atomic E-state index is 12.2. The van der Waals surface area contributed by atoms with Gasteiger partial charge in [0.05, 0.1) is 17.8 Å². The number of amides is 2. The molecular formula is C23H24N4O3. The van der Waals surface area contributed by atoms with Crippen LogP contribution in [0.25, 0.3) is 10.8 Å². The molecular weight excluding hydrogens is 380 g/mol. The van der Waals surface area contributed by atoms with Crippen molar-refractivity contribution >= 4 is 34.1 Å². The van der Waals surface area contributed by atoms with Crippen LogP contribution in [-0.4, -0.2) is 36.5 Å². The van der Waals surface area contributed by atoms with Crippen LogP contribution in [0.4, 0.5) is 11.5 Å². The molecule has 1 aliphatic heterocycles. The lowest BCUT2D eigenvalue weighted by Gasteiger charge is -2.32. The van der Waals surface area contributed by atoms with Crippen molar-refractivity contribution in [3.8, 4) is 5.75 Å². The number of carbonyl (C=O) groups excluding carboxylic acids is 2. The fraction of sp³-hybridized carbons (Fsp3) is 0.261. The molecule has 2 heterocycles. The van der Waals surface area contributed by atoms with E-state index in [-0.39, 0.29) is 24.3 Å². The normalized spacial score (nSPS) is 16.3. The lowest BCUT2D eigenvalue weighted by molar-refractivity contribution is -0.122. The highest BCUT2D eigenvalue weighted by atomic mass is 16.5. The number of piperidine rings is 1. The first-order valence-electron chi connectivity index (χ1n) is 10.0. The van der Waals surface area contributed by atoms with E-state index in [1.54, 1.807) is 12.3 Å². The third kappa shape index (κ3) is 4.68. The van der Waals surface area contributed by atoms with Crippen LogP contribution < -0.4 is 20.7 Å². The van der Waals surface area contributed by atoms with Crippen LogP contribution in [0.15, 0.2) is 60.8 Å². The number of ether oxygens (including phenoxy) is 1. The molecule has 3 N–H and O–H groups in total. The van der Waals surface area contributed by atoms with Crippen LogP contribution in [0.2, 0.25) is 0 Å². The van der Waals surface area contributed by atoms with Gasteiger partial charge in [-0.3, -0.25) is 9.59 Å². The molecule has 2 amide bonds. The molecule has 7 heteroatoms. The van der Waals surface area contributed by atoms with Gasteiger partial charge in [0.15, 0.2) is 6.61 Å². The number of hydrogen-bond donors (Lipinski definition) is 2. The van der Waals surface area contributed by atoms with E-state index in [1.165, 1.54) is 0 Å². The van der Waals surface area contributed by atoms with Crippen LogP contribution >= 0.6 is 0 Å². The zero-order valence-corrected chi connectivity index (χ0v) is 16.6. The molecule has 1 unspecified atom stereocenters. The monoisotopic (exact) mass is 404 g/mol. The Bertz CT molecular complexity index is 1050. The zero-order chi connectivity index (χ0) is 20.9. The summed E-state index contributed by atoms with van der Waals surface area (Å²) in [7, 11) is 0. The third-order valence-electron chi connectivity index (χ3n) is 5.27. The van der Waals surface area contributed by atoms with Gasteiger partial charge < -0.3 is 20.7 Å². The Morgan fingerprint density at radius 3 is 2.73 bits per heavy atom. The highest BCUT2D eigenvalue weighted by Crippen LogP contribution is 2.23. The fourth-order valence-electron chi connectivity index (χ4n) is 3.67. The second-order valence-corrected chi connectivity index (χ2v) is 7.44. The van der Waals surface area contributed by atoms with E-state index in [4.69, 9.17) is 10.5 Å². The largest absolute Gasteiger partial charge is 0.484 e. The number of nitrogens with two attached hydrogens (primary N) is 1. The summed E-state index contributed by atoms with van der Waals surface area (Å²) < 4.78 is 5.62. The van der Waals surface area contributed by atoms with Gasteiger partial charge in [0.25, 0.3) is 5.91 Å². The van der Waals surface area contributed by atoms with Crippen molar-refractivity contribution in [3.63, 3.8) is 0 Å². The number of fused-ring (bicyclic) bond motifs is 1. The predicted molar refractivity (Wildman–Crippen MR) is 116 cm³/mol. The molecule has 0 spiro atoms. The van der Waals surface area contributed by atoms with Crippen LogP contribution in [0, 0.1) is 5.92 Å². The average Bonchev–Trinajstić information content (AvgIpc) is 2.78. The SMILES string of the molecule is NC(=O)C1CCCN(c2ccc(NC(=O)COc3ccc4ccccc4c3)cn2)C1. The second-order valence-electron chi connectivity index (χ2n) is 7.44. The summed E-state index contributed by atoms with van der Waals surface area (Å²) >= 11 is 0. The summed E-state index contributed by atoms with van der Waals surface area (Å²) in [5, 5.41) is 4.97. The predicted octanol–water partition coefficient (Wildman–Crippen LogP) is 2.95. The maximum Gasteiger partial charge on any atom is 0.262 e. The van der Waals surface area contributed by atoms with E-state index in [9.17, 15) is 9.59 Å². The number of carbonyl (C=O) groups is 2. The molecule has 0 radical (unpaired) electrons. The van der Waals surface area contributed by atoms with Gasteiger partial charge in [-0.25, -0.2) is 4.98 Å². The maximum atomic E-state index is 12.2. The summed E-state index contributed by atoms with van der Waals surface area (Å²) in [4.78, 5) is 30.1. The van der Waals surface area contributed by atoms with Gasteiger partial charge in [0.1, 0.15) is 11.6 Å². The quantitative estimate of drug-likeness (QED) is 0.658. The first kappa shape index (κ1) is 19.7. The Morgan fingerprint density at radius 2 is 1.97 bits per heavy atom. The van der Waals surface area contributed by atoms with Crippen molar-refractivity contribution in [1.82, 2.24) is 4.98 Å². The number of primary amides is 1. The molecule has 1 atom stereocenters. The van der Waals surface area contributed by atoms with Gasteiger partial charge in [-0.2, -0.15) is 0 Å². The number of anilines is 2. The molecule has 1 fully saturated rings. The Morgan fingerprint density at radius 1 is 1.13 bits per heavy atom. The lowest BCUT2D eigenvalue weighted by atomic mass is 9.97. The molecule has 1 aromatic heterocycles. The van der Waals surface area contributed by atoms with Crippen molar-refractivity contribution in [2.75, 3.05) is 29.9 Å². The molecule has 154 valence electrons. The van der Waals surface area contributed by atoms with Gasteiger partial charge in [-0.05, 0) is 47.9 Å². The van der Waals surface area contributed by atoms with Crippen molar-refractivity contribution in [3.05, 3.63) is 60.8 Å². The number of nitrogens with one attached hydrogen (secondary N) is 1. The molecule has 0 bridgehead atoms. The highest BCUT2D eigenvalue weighted by molar-refractivity contribution is 5.92. The number of aromatic nitrogens is 1. The molecule has 7 nitrogen and oxygen atoms in total. The molecule has 4 rings (SSSR count). The topological polar surface area (TPSA) is 97.6 Å². The van der Waals surface area contributed by atoms with Crippen LogP contribution in [0.3, 0.4) is 0 Å². The van der Waals surface area contributed by atoms with Crippen LogP contribution in [0.1, 0.15) is 12.8 Å². The molecule has 3 aromatic rings. The van der Waals surface area contributed by atoms with E-state index >= 15 is 0 Å². The Balaban J connectivity index is 1.31. The second kappa shape index (κ2) is 8.82. The lowest BCUT2D eigenvalue weighted by Crippen LogP contribution is -2.41. The minimum absolute atomic E-state index is 0.0908. The smallest absolute Gasteiger partial charge is 0.262 e. The fourth-order valence-corrected chi connectivity index (χ4v) is 3.67. The first-order valence-corrected chi connectivity index (χ1v) is 10.0. The summed E-state index contributed by atoms with van der Waals surface area (Å²) in [6.45, 7) is 1.32.